The molecule has 2 N–H and O–H groups in total. The molecule has 1 atom stereocenters. The number of aliphatic carboxylic acids is 1. The number of hydrogen-bond acceptors (Lipinski definition) is 2. The average molecular weight is 155 g/mol. The van der Waals surface area contributed by atoms with Crippen molar-refractivity contribution in [3.8, 4) is 0 Å². The molecule has 0 aromatic rings. The van der Waals surface area contributed by atoms with Crippen LogP contribution in [0.25, 0.3) is 0 Å². The number of carbonyl (C=O) groups is 2. The van der Waals surface area contributed by atoms with Gasteiger partial charge in [0.1, 0.15) is 5.92 Å². The van der Waals surface area contributed by atoms with E-state index in [0.717, 1.165) is 12.8 Å². The highest BCUT2D eigenvalue weighted by molar-refractivity contribution is 5.99. The summed E-state index contributed by atoms with van der Waals surface area (Å²) in [5, 5.41) is 11.3. The van der Waals surface area contributed by atoms with Crippen molar-refractivity contribution in [1.82, 2.24) is 5.32 Å². The summed E-state index contributed by atoms with van der Waals surface area (Å²) in [6.07, 6.45) is 2.38. The summed E-state index contributed by atoms with van der Waals surface area (Å²) >= 11 is 0. The van der Waals surface area contributed by atoms with Gasteiger partial charge >= 0.3 is 5.97 Å². The zero-order chi connectivity index (χ0) is 8.06. The number of carboxylic acid groups (broad SMARTS) is 1. The van der Waals surface area contributed by atoms with Gasteiger partial charge in [-0.15, -0.1) is 0 Å². The highest BCUT2D eigenvalue weighted by atomic mass is 16.4. The lowest BCUT2D eigenvalue weighted by atomic mass is 10.0. The number of amides is 1. The molecule has 1 aliphatic carbocycles. The van der Waals surface area contributed by atoms with E-state index in [4.69, 9.17) is 5.11 Å². The Bertz CT molecular complexity index is 232. The second-order valence-corrected chi connectivity index (χ2v) is 3.36. The van der Waals surface area contributed by atoms with Crippen molar-refractivity contribution in [2.75, 3.05) is 0 Å². The maximum atomic E-state index is 11.0. The van der Waals surface area contributed by atoms with Crippen LogP contribution in [0.1, 0.15) is 19.3 Å². The third kappa shape index (κ3) is 0.895. The molecule has 2 rings (SSSR count). The van der Waals surface area contributed by atoms with Gasteiger partial charge in [0.25, 0.3) is 0 Å². The van der Waals surface area contributed by atoms with Crippen molar-refractivity contribution in [2.24, 2.45) is 5.92 Å². The van der Waals surface area contributed by atoms with E-state index in [0.29, 0.717) is 6.42 Å². The number of hydrogen-bond donors (Lipinski definition) is 2. The van der Waals surface area contributed by atoms with Crippen molar-refractivity contribution in [2.45, 2.75) is 24.8 Å². The van der Waals surface area contributed by atoms with Crippen LogP contribution in [0.3, 0.4) is 0 Å². The molecule has 4 heteroatoms. The lowest BCUT2D eigenvalue weighted by Gasteiger charge is -2.01. The summed E-state index contributed by atoms with van der Waals surface area (Å²) in [6, 6.07) is 0. The molecule has 11 heavy (non-hydrogen) atoms. The Morgan fingerprint density at radius 3 is 2.55 bits per heavy atom. The zero-order valence-corrected chi connectivity index (χ0v) is 5.96. The van der Waals surface area contributed by atoms with Crippen molar-refractivity contribution >= 4 is 11.9 Å². The summed E-state index contributed by atoms with van der Waals surface area (Å²) in [5.74, 6) is -2.10. The first kappa shape index (κ1) is 6.64. The van der Waals surface area contributed by atoms with Crippen LogP contribution in [-0.4, -0.2) is 22.5 Å². The highest BCUT2D eigenvalue weighted by Crippen LogP contribution is 2.45. The largest absolute Gasteiger partial charge is 0.481 e. The fourth-order valence-electron chi connectivity index (χ4n) is 1.56. The number of rotatable bonds is 1. The second-order valence-electron chi connectivity index (χ2n) is 3.36. The molecule has 60 valence electrons. The lowest BCUT2D eigenvalue weighted by Crippen LogP contribution is -2.29. The van der Waals surface area contributed by atoms with E-state index >= 15 is 0 Å². The van der Waals surface area contributed by atoms with Crippen LogP contribution in [0.4, 0.5) is 0 Å². The first-order valence-electron chi connectivity index (χ1n) is 3.68. The van der Waals surface area contributed by atoms with Crippen LogP contribution < -0.4 is 5.32 Å². The normalized spacial score (nSPS) is 32.0. The van der Waals surface area contributed by atoms with Crippen LogP contribution in [0.15, 0.2) is 0 Å². The molecule has 0 radical (unpaired) electrons. The average Bonchev–Trinajstić information content (AvgIpc) is 2.54. The minimum atomic E-state index is -0.994. The molecule has 1 spiro atoms. The zero-order valence-electron chi connectivity index (χ0n) is 5.96. The predicted molar refractivity (Wildman–Crippen MR) is 35.9 cm³/mol. The highest BCUT2D eigenvalue weighted by Gasteiger charge is 2.54. The van der Waals surface area contributed by atoms with Gasteiger partial charge in [-0.1, -0.05) is 0 Å². The fraction of sp³-hybridized carbons (Fsp3) is 0.714. The van der Waals surface area contributed by atoms with Gasteiger partial charge in [0.2, 0.25) is 5.91 Å². The number of carbonyl (C=O) groups excluding carboxylic acids is 1. The first-order valence-corrected chi connectivity index (χ1v) is 3.68. The van der Waals surface area contributed by atoms with Crippen molar-refractivity contribution < 1.29 is 14.7 Å². The first-order chi connectivity index (χ1) is 5.13. The predicted octanol–water partition coefficient (Wildman–Crippen LogP) is -0.260. The smallest absolute Gasteiger partial charge is 0.316 e. The topological polar surface area (TPSA) is 66.4 Å². The van der Waals surface area contributed by atoms with E-state index in [1.54, 1.807) is 0 Å². The Morgan fingerprint density at radius 2 is 2.27 bits per heavy atom. The monoisotopic (exact) mass is 155 g/mol. The molecule has 1 saturated carbocycles. The number of carboxylic acids is 1. The van der Waals surface area contributed by atoms with Crippen molar-refractivity contribution in [1.29, 1.82) is 0 Å². The summed E-state index contributed by atoms with van der Waals surface area (Å²) in [6.45, 7) is 0. The molecular formula is C7H9NO3. The molecule has 2 aliphatic rings. The van der Waals surface area contributed by atoms with Gasteiger partial charge in [-0.25, -0.2) is 0 Å². The Balaban J connectivity index is 2.14. The second kappa shape index (κ2) is 1.75. The Kier molecular flexibility index (Phi) is 1.06. The van der Waals surface area contributed by atoms with E-state index in [-0.39, 0.29) is 11.4 Å². The van der Waals surface area contributed by atoms with Gasteiger partial charge in [0.05, 0.1) is 0 Å². The Morgan fingerprint density at radius 1 is 1.64 bits per heavy atom. The fourth-order valence-corrected chi connectivity index (χ4v) is 1.56. The van der Waals surface area contributed by atoms with Gasteiger partial charge < -0.3 is 10.4 Å². The van der Waals surface area contributed by atoms with Crippen LogP contribution >= 0.6 is 0 Å². The number of nitrogens with one attached hydrogen (secondary N) is 1. The Hall–Kier alpha value is -1.06. The van der Waals surface area contributed by atoms with Crippen molar-refractivity contribution in [3.63, 3.8) is 0 Å². The quantitative estimate of drug-likeness (QED) is 0.513. The molecular weight excluding hydrogens is 146 g/mol. The van der Waals surface area contributed by atoms with E-state index in [1.165, 1.54) is 0 Å². The molecule has 1 amide bonds. The van der Waals surface area contributed by atoms with Gasteiger partial charge in [0, 0.05) is 5.54 Å². The maximum Gasteiger partial charge on any atom is 0.316 e. The molecule has 2 fully saturated rings. The van der Waals surface area contributed by atoms with Gasteiger partial charge in [-0.3, -0.25) is 9.59 Å². The van der Waals surface area contributed by atoms with E-state index in [2.05, 4.69) is 5.32 Å². The maximum absolute atomic E-state index is 11.0. The van der Waals surface area contributed by atoms with E-state index in [1.807, 2.05) is 0 Å². The van der Waals surface area contributed by atoms with Crippen LogP contribution in [-0.2, 0) is 9.59 Å². The van der Waals surface area contributed by atoms with Crippen LogP contribution in [0, 0.1) is 5.92 Å². The standard InChI is InChI=1S/C7H9NO3/c9-5-4(6(10)11)3-7(8-5)1-2-7/h4H,1-3H2,(H,8,9)(H,10,11). The van der Waals surface area contributed by atoms with Crippen LogP contribution in [0.5, 0.6) is 0 Å². The molecule has 1 saturated heterocycles. The summed E-state index contributed by atoms with van der Waals surface area (Å²) in [4.78, 5) is 21.4. The van der Waals surface area contributed by atoms with Gasteiger partial charge in [0.15, 0.2) is 0 Å². The van der Waals surface area contributed by atoms with E-state index in [9.17, 15) is 9.59 Å². The Labute approximate surface area is 63.6 Å². The lowest BCUT2D eigenvalue weighted by molar-refractivity contribution is -0.145. The molecule has 0 bridgehead atoms. The molecule has 1 unspecified atom stereocenters. The molecule has 0 aromatic heterocycles. The van der Waals surface area contributed by atoms with Gasteiger partial charge in [-0.2, -0.15) is 0 Å². The summed E-state index contributed by atoms with van der Waals surface area (Å²) in [5.41, 5.74) is -0.111. The molecule has 1 heterocycles. The summed E-state index contributed by atoms with van der Waals surface area (Å²) in [7, 11) is 0. The minimum Gasteiger partial charge on any atom is -0.481 e. The molecule has 4 nitrogen and oxygen atoms in total. The summed E-state index contributed by atoms with van der Waals surface area (Å²) < 4.78 is 0. The SMILES string of the molecule is O=C(O)C1CC2(CC2)NC1=O. The molecule has 0 aromatic carbocycles. The third-order valence-corrected chi connectivity index (χ3v) is 2.45. The van der Waals surface area contributed by atoms with Crippen molar-refractivity contribution in [3.05, 3.63) is 0 Å². The molecule has 1 aliphatic heterocycles. The minimum absolute atomic E-state index is 0.111. The van der Waals surface area contributed by atoms with Crippen LogP contribution in [0.2, 0.25) is 0 Å². The van der Waals surface area contributed by atoms with E-state index < -0.39 is 11.9 Å². The third-order valence-electron chi connectivity index (χ3n) is 2.45. The van der Waals surface area contributed by atoms with Gasteiger partial charge in [-0.05, 0) is 19.3 Å².